The van der Waals surface area contributed by atoms with Crippen molar-refractivity contribution in [2.24, 2.45) is 5.73 Å². The number of nitrogens with two attached hydrogens (primary N) is 2. The van der Waals surface area contributed by atoms with E-state index >= 15 is 0 Å². The summed E-state index contributed by atoms with van der Waals surface area (Å²) in [4.78, 5) is 41.5. The molecule has 0 bridgehead atoms. The number of aryl methyl sites for hydroxylation is 1. The highest BCUT2D eigenvalue weighted by atomic mass is 32.1. The second kappa shape index (κ2) is 12.2. The molecule has 5 N–H and O–H groups in total. The predicted molar refractivity (Wildman–Crippen MR) is 150 cm³/mol. The first-order valence-corrected chi connectivity index (χ1v) is 13.5. The van der Waals surface area contributed by atoms with E-state index < -0.39 is 17.9 Å². The summed E-state index contributed by atoms with van der Waals surface area (Å²) in [5.74, 6) is -0.939. The van der Waals surface area contributed by atoms with E-state index in [2.05, 4.69) is 9.69 Å². The molecule has 1 saturated carbocycles. The molecule has 1 aromatic heterocycles. The Hall–Kier alpha value is -4.12. The van der Waals surface area contributed by atoms with E-state index in [1.807, 2.05) is 31.2 Å². The van der Waals surface area contributed by atoms with Gasteiger partial charge in [-0.05, 0) is 49.0 Å². The zero-order valence-corrected chi connectivity index (χ0v) is 23.0. The summed E-state index contributed by atoms with van der Waals surface area (Å²) in [6.07, 6.45) is 4.95. The average molecular weight is 552 g/mol. The lowest BCUT2D eigenvalue weighted by Crippen LogP contribution is -2.47. The van der Waals surface area contributed by atoms with Gasteiger partial charge in [-0.15, -0.1) is 0 Å². The van der Waals surface area contributed by atoms with Crippen molar-refractivity contribution in [3.05, 3.63) is 64.2 Å². The van der Waals surface area contributed by atoms with Crippen LogP contribution in [0.2, 0.25) is 0 Å². The van der Waals surface area contributed by atoms with Crippen LogP contribution < -0.4 is 31.2 Å². The highest BCUT2D eigenvalue weighted by Gasteiger charge is 2.37. The summed E-state index contributed by atoms with van der Waals surface area (Å²) in [5, 5.41) is 3.17. The molecule has 1 heterocycles. The third-order valence-corrected chi connectivity index (χ3v) is 7.72. The number of hydrogen-bond donors (Lipinski definition) is 3. The van der Waals surface area contributed by atoms with Crippen LogP contribution in [0.4, 0.5) is 11.4 Å². The van der Waals surface area contributed by atoms with Crippen LogP contribution in [0, 0.1) is 6.92 Å². The Bertz CT molecular complexity index is 1350. The van der Waals surface area contributed by atoms with Crippen molar-refractivity contribution in [3.8, 4) is 11.5 Å². The fourth-order valence-electron chi connectivity index (χ4n) is 4.79. The summed E-state index contributed by atoms with van der Waals surface area (Å²) in [6.45, 7) is 1.95. The number of ether oxygens (including phenoxy) is 2. The van der Waals surface area contributed by atoms with Gasteiger partial charge in [0.2, 0.25) is 5.91 Å². The fourth-order valence-corrected chi connectivity index (χ4v) is 5.53. The van der Waals surface area contributed by atoms with E-state index in [1.54, 1.807) is 18.2 Å². The minimum Gasteiger partial charge on any atom is -0.493 e. The second-order valence-electron chi connectivity index (χ2n) is 9.51. The van der Waals surface area contributed by atoms with Gasteiger partial charge in [0.1, 0.15) is 10.9 Å². The Morgan fingerprint density at radius 2 is 1.69 bits per heavy atom. The lowest BCUT2D eigenvalue weighted by Gasteiger charge is -2.33. The van der Waals surface area contributed by atoms with E-state index in [4.69, 9.17) is 20.9 Å². The van der Waals surface area contributed by atoms with Gasteiger partial charge in [-0.1, -0.05) is 49.1 Å². The minimum atomic E-state index is -1.06. The number of primary amides is 1. The molecule has 1 aliphatic carbocycles. The van der Waals surface area contributed by atoms with Crippen LogP contribution in [0.15, 0.2) is 42.5 Å². The number of amides is 3. The van der Waals surface area contributed by atoms with E-state index in [1.165, 1.54) is 19.1 Å². The van der Waals surface area contributed by atoms with Gasteiger partial charge < -0.3 is 26.3 Å². The molecular weight excluding hydrogens is 518 g/mol. The first kappa shape index (κ1) is 27.9. The van der Waals surface area contributed by atoms with Crippen LogP contribution in [-0.4, -0.2) is 42.4 Å². The van der Waals surface area contributed by atoms with Crippen LogP contribution in [0.1, 0.15) is 69.4 Å². The predicted octanol–water partition coefficient (Wildman–Crippen LogP) is 3.99. The van der Waals surface area contributed by atoms with Crippen LogP contribution in [-0.2, 0) is 4.79 Å². The molecule has 206 valence electrons. The van der Waals surface area contributed by atoms with Crippen molar-refractivity contribution in [3.63, 3.8) is 0 Å². The molecule has 3 aromatic rings. The van der Waals surface area contributed by atoms with Crippen LogP contribution in [0.3, 0.4) is 0 Å². The Kier molecular flexibility index (Phi) is 8.70. The number of carbonyl (C=O) groups is 3. The minimum absolute atomic E-state index is 0.00108. The number of methoxy groups -OCH3 is 2. The first-order chi connectivity index (χ1) is 18.7. The molecule has 1 aliphatic rings. The lowest BCUT2D eigenvalue weighted by atomic mass is 9.94. The van der Waals surface area contributed by atoms with Gasteiger partial charge in [0, 0.05) is 17.8 Å². The van der Waals surface area contributed by atoms with Crippen molar-refractivity contribution < 1.29 is 23.9 Å². The lowest BCUT2D eigenvalue weighted by molar-refractivity contribution is -0.123. The maximum absolute atomic E-state index is 14.2. The number of nitrogen functional groups attached to an aromatic ring is 1. The average Bonchev–Trinajstić information content (AvgIpc) is 3.33. The number of hydrogen-bond acceptors (Lipinski definition) is 8. The molecule has 11 heteroatoms. The van der Waals surface area contributed by atoms with Gasteiger partial charge in [-0.3, -0.25) is 19.3 Å². The first-order valence-electron chi connectivity index (χ1n) is 12.7. The standard InChI is InChI=1S/C28H33N5O5S/c1-16-9-11-17(12-10-16)24(27(35)31-18-7-5-4-6-8-18)33(19-13-14-20(37-2)21(15-19)38-3)28(36)25-22(29)23(26(30)34)32-39-25/h9-15,18,24H,4-8,29H2,1-3H3,(H2,30,34)(H,31,35)/t24-/m1/s1. The third-order valence-electron chi connectivity index (χ3n) is 6.87. The van der Waals surface area contributed by atoms with Crippen molar-refractivity contribution >= 4 is 40.6 Å². The van der Waals surface area contributed by atoms with Crippen molar-refractivity contribution in [1.29, 1.82) is 0 Å². The Morgan fingerprint density at radius 1 is 1.03 bits per heavy atom. The summed E-state index contributed by atoms with van der Waals surface area (Å²) >= 11 is 0.761. The highest BCUT2D eigenvalue weighted by molar-refractivity contribution is 7.09. The molecule has 39 heavy (non-hydrogen) atoms. The van der Waals surface area contributed by atoms with Crippen molar-refractivity contribution in [2.75, 3.05) is 24.9 Å². The molecule has 0 unspecified atom stereocenters. The van der Waals surface area contributed by atoms with E-state index in [9.17, 15) is 14.4 Å². The molecule has 2 aromatic carbocycles. The molecular formula is C28H33N5O5S. The molecule has 0 saturated heterocycles. The number of carbonyl (C=O) groups excluding carboxylic acids is 3. The molecule has 0 aliphatic heterocycles. The SMILES string of the molecule is COc1ccc(N(C(=O)c2snc(C(N)=O)c2N)[C@@H](C(=O)NC2CCCCC2)c2ccc(C)cc2)cc1OC. The fraction of sp³-hybridized carbons (Fsp3) is 0.357. The molecule has 3 amide bonds. The van der Waals surface area contributed by atoms with Crippen LogP contribution in [0.5, 0.6) is 11.5 Å². The third kappa shape index (κ3) is 5.98. The quantitative estimate of drug-likeness (QED) is 0.364. The monoisotopic (exact) mass is 551 g/mol. The number of nitrogens with one attached hydrogen (secondary N) is 1. The topological polar surface area (TPSA) is 150 Å². The maximum atomic E-state index is 14.2. The van der Waals surface area contributed by atoms with Crippen molar-refractivity contribution in [2.45, 2.75) is 51.1 Å². The molecule has 4 rings (SSSR count). The summed E-state index contributed by atoms with van der Waals surface area (Å²) in [6, 6.07) is 11.3. The largest absolute Gasteiger partial charge is 0.493 e. The van der Waals surface area contributed by atoms with E-state index in [0.29, 0.717) is 22.7 Å². The molecule has 1 atom stereocenters. The number of nitrogens with zero attached hydrogens (tertiary/aromatic N) is 2. The van der Waals surface area contributed by atoms with Crippen LogP contribution in [0.25, 0.3) is 0 Å². The number of benzene rings is 2. The second-order valence-corrected chi connectivity index (χ2v) is 10.3. The molecule has 0 spiro atoms. The van der Waals surface area contributed by atoms with Crippen molar-refractivity contribution in [1.82, 2.24) is 9.69 Å². The molecule has 0 radical (unpaired) electrons. The summed E-state index contributed by atoms with van der Waals surface area (Å²) < 4.78 is 14.9. The van der Waals surface area contributed by atoms with Gasteiger partial charge in [0.05, 0.1) is 19.9 Å². The van der Waals surface area contributed by atoms with Gasteiger partial charge in [-0.2, -0.15) is 4.37 Å². The van der Waals surface area contributed by atoms with Gasteiger partial charge >= 0.3 is 0 Å². The van der Waals surface area contributed by atoms with E-state index in [-0.39, 0.29) is 28.2 Å². The number of aromatic nitrogens is 1. The zero-order valence-electron chi connectivity index (χ0n) is 22.2. The molecule has 10 nitrogen and oxygen atoms in total. The van der Waals surface area contributed by atoms with Gasteiger partial charge in [0.15, 0.2) is 17.2 Å². The smallest absolute Gasteiger partial charge is 0.273 e. The highest BCUT2D eigenvalue weighted by Crippen LogP contribution is 2.38. The molecule has 1 fully saturated rings. The van der Waals surface area contributed by atoms with E-state index in [0.717, 1.165) is 49.2 Å². The maximum Gasteiger partial charge on any atom is 0.273 e. The zero-order chi connectivity index (χ0) is 28.1. The Morgan fingerprint density at radius 3 is 2.28 bits per heavy atom. The normalized spacial score (nSPS) is 14.3. The Balaban J connectivity index is 1.88. The number of anilines is 2. The Labute approximate surface area is 231 Å². The summed E-state index contributed by atoms with van der Waals surface area (Å²) in [5.41, 5.74) is 13.2. The number of rotatable bonds is 9. The van der Waals surface area contributed by atoms with Crippen LogP contribution >= 0.6 is 11.5 Å². The van der Waals surface area contributed by atoms with Gasteiger partial charge in [-0.25, -0.2) is 0 Å². The van der Waals surface area contributed by atoms with Gasteiger partial charge in [0.25, 0.3) is 11.8 Å². The summed E-state index contributed by atoms with van der Waals surface area (Å²) in [7, 11) is 3.00.